The Kier molecular flexibility index (Phi) is 8.58. The summed E-state index contributed by atoms with van der Waals surface area (Å²) in [6.45, 7) is 10.4. The number of piperidine rings is 2. The molecule has 3 rings (SSSR count). The fourth-order valence-corrected chi connectivity index (χ4v) is 4.52. The van der Waals surface area contributed by atoms with Crippen LogP contribution in [0.1, 0.15) is 56.8 Å². The van der Waals surface area contributed by atoms with E-state index >= 15 is 0 Å². The Balaban J connectivity index is 1.50. The number of benzene rings is 1. The van der Waals surface area contributed by atoms with Gasteiger partial charge in [0.2, 0.25) is 0 Å². The molecule has 2 heterocycles. The first kappa shape index (κ1) is 23.4. The summed E-state index contributed by atoms with van der Waals surface area (Å²) in [7, 11) is 0. The number of carbonyl (C=O) groups is 2. The second kappa shape index (κ2) is 11.4. The molecule has 0 aromatic heterocycles. The second-order valence-electron chi connectivity index (χ2n) is 8.86. The summed E-state index contributed by atoms with van der Waals surface area (Å²) in [4.78, 5) is 28.8. The van der Waals surface area contributed by atoms with Crippen molar-refractivity contribution in [1.29, 1.82) is 0 Å². The number of ether oxygens (including phenoxy) is 2. The molecule has 0 saturated carbocycles. The summed E-state index contributed by atoms with van der Waals surface area (Å²) in [6.07, 6.45) is 4.08. The first-order valence-electron chi connectivity index (χ1n) is 11.7. The molecule has 2 aliphatic heterocycles. The normalized spacial score (nSPS) is 20.5. The van der Waals surface area contributed by atoms with E-state index in [0.29, 0.717) is 36.5 Å². The molecule has 2 aliphatic rings. The Morgan fingerprint density at radius 3 is 2.58 bits per heavy atom. The van der Waals surface area contributed by atoms with Crippen molar-refractivity contribution in [3.63, 3.8) is 0 Å². The molecule has 0 aliphatic carbocycles. The van der Waals surface area contributed by atoms with Crippen LogP contribution in [0, 0.1) is 5.92 Å². The van der Waals surface area contributed by atoms with Gasteiger partial charge in [-0.25, -0.2) is 4.79 Å². The fourth-order valence-electron chi connectivity index (χ4n) is 4.52. The van der Waals surface area contributed by atoms with Crippen molar-refractivity contribution in [3.05, 3.63) is 29.8 Å². The smallest absolute Gasteiger partial charge is 0.409 e. The minimum atomic E-state index is -0.189. The number of carbonyl (C=O) groups excluding carboxylic acids is 2. The van der Waals surface area contributed by atoms with Gasteiger partial charge < -0.3 is 19.7 Å². The number of hydrogen-bond donors (Lipinski definition) is 1. The van der Waals surface area contributed by atoms with Crippen LogP contribution in [0.5, 0.6) is 5.75 Å². The Morgan fingerprint density at radius 2 is 1.87 bits per heavy atom. The molecule has 2 saturated heterocycles. The Hall–Kier alpha value is -2.28. The number of hydrogen-bond acceptors (Lipinski definition) is 5. The molecule has 1 unspecified atom stereocenters. The molecule has 1 atom stereocenters. The summed E-state index contributed by atoms with van der Waals surface area (Å²) >= 11 is 0. The van der Waals surface area contributed by atoms with E-state index in [9.17, 15) is 9.59 Å². The van der Waals surface area contributed by atoms with Crippen LogP contribution in [0.25, 0.3) is 0 Å². The Morgan fingerprint density at radius 1 is 1.13 bits per heavy atom. The molecule has 0 bridgehead atoms. The number of nitrogens with zero attached hydrogens (tertiary/aromatic N) is 2. The van der Waals surface area contributed by atoms with Crippen LogP contribution in [0.2, 0.25) is 0 Å². The third-order valence-electron chi connectivity index (χ3n) is 6.08. The first-order valence-corrected chi connectivity index (χ1v) is 11.7. The molecule has 2 fully saturated rings. The van der Waals surface area contributed by atoms with Crippen molar-refractivity contribution in [2.24, 2.45) is 5.92 Å². The van der Waals surface area contributed by atoms with E-state index in [1.54, 1.807) is 0 Å². The summed E-state index contributed by atoms with van der Waals surface area (Å²) in [5, 5.41) is 2.94. The zero-order chi connectivity index (χ0) is 22.2. The minimum Gasteiger partial charge on any atom is -0.492 e. The van der Waals surface area contributed by atoms with Gasteiger partial charge in [-0.2, -0.15) is 0 Å². The van der Waals surface area contributed by atoms with Gasteiger partial charge in [-0.15, -0.1) is 0 Å². The predicted octanol–water partition coefficient (Wildman–Crippen LogP) is 3.54. The van der Waals surface area contributed by atoms with Crippen molar-refractivity contribution < 1.29 is 19.1 Å². The summed E-state index contributed by atoms with van der Waals surface area (Å²) in [6, 6.07) is 8.07. The fraction of sp³-hybridized carbons (Fsp3) is 0.667. The van der Waals surface area contributed by atoms with Crippen molar-refractivity contribution in [3.8, 4) is 5.75 Å². The number of para-hydroxylation sites is 1. The number of nitrogens with one attached hydrogen (secondary N) is 1. The van der Waals surface area contributed by atoms with Crippen LogP contribution < -0.4 is 10.1 Å². The van der Waals surface area contributed by atoms with E-state index in [0.717, 1.165) is 51.9 Å². The quantitative estimate of drug-likeness (QED) is 0.715. The standard InChI is InChI=1S/C24H37N3O4/c1-4-30-24(29)26-14-11-20(12-15-26)27-13-7-8-19(16-27)17-31-22-10-6-5-9-21(22)23(28)25-18(2)3/h5-6,9-10,18-20H,4,7-8,11-17H2,1-3H3,(H,25,28). The van der Waals surface area contributed by atoms with Crippen molar-refractivity contribution in [2.45, 2.75) is 58.5 Å². The molecular weight excluding hydrogens is 394 g/mol. The average molecular weight is 432 g/mol. The van der Waals surface area contributed by atoms with Crippen LogP contribution in [-0.4, -0.2) is 73.3 Å². The summed E-state index contributed by atoms with van der Waals surface area (Å²) in [5.41, 5.74) is 0.593. The van der Waals surface area contributed by atoms with Crippen molar-refractivity contribution in [1.82, 2.24) is 15.1 Å². The molecular formula is C24H37N3O4. The molecule has 7 heteroatoms. The third kappa shape index (κ3) is 6.60. The maximum Gasteiger partial charge on any atom is 0.409 e. The highest BCUT2D eigenvalue weighted by atomic mass is 16.6. The molecule has 0 radical (unpaired) electrons. The van der Waals surface area contributed by atoms with E-state index < -0.39 is 0 Å². The van der Waals surface area contributed by atoms with E-state index in [-0.39, 0.29) is 18.0 Å². The molecule has 31 heavy (non-hydrogen) atoms. The number of rotatable bonds is 7. The van der Waals surface area contributed by atoms with Gasteiger partial charge in [0, 0.05) is 37.6 Å². The first-order chi connectivity index (χ1) is 15.0. The molecule has 1 aromatic carbocycles. The maximum atomic E-state index is 12.5. The lowest BCUT2D eigenvalue weighted by atomic mass is 9.94. The van der Waals surface area contributed by atoms with Crippen LogP contribution in [0.15, 0.2) is 24.3 Å². The Labute approximate surface area is 186 Å². The minimum absolute atomic E-state index is 0.0858. The molecule has 172 valence electrons. The van der Waals surface area contributed by atoms with Crippen LogP contribution in [-0.2, 0) is 4.74 Å². The highest BCUT2D eigenvalue weighted by molar-refractivity contribution is 5.97. The molecule has 1 N–H and O–H groups in total. The lowest BCUT2D eigenvalue weighted by Crippen LogP contribution is -2.50. The average Bonchev–Trinajstić information content (AvgIpc) is 2.78. The van der Waals surface area contributed by atoms with Gasteiger partial charge >= 0.3 is 6.09 Å². The monoisotopic (exact) mass is 431 g/mol. The predicted molar refractivity (Wildman–Crippen MR) is 120 cm³/mol. The van der Waals surface area contributed by atoms with Gasteiger partial charge in [0.15, 0.2) is 0 Å². The van der Waals surface area contributed by atoms with Crippen LogP contribution >= 0.6 is 0 Å². The van der Waals surface area contributed by atoms with Crippen LogP contribution in [0.3, 0.4) is 0 Å². The zero-order valence-corrected chi connectivity index (χ0v) is 19.1. The van der Waals surface area contributed by atoms with Gasteiger partial charge in [0.05, 0.1) is 18.8 Å². The molecule has 0 spiro atoms. The van der Waals surface area contributed by atoms with Crippen molar-refractivity contribution in [2.75, 3.05) is 39.4 Å². The summed E-state index contributed by atoms with van der Waals surface area (Å²) in [5.74, 6) is 1.00. The van der Waals surface area contributed by atoms with Gasteiger partial charge in [0.1, 0.15) is 5.75 Å². The molecule has 1 aromatic rings. The lowest BCUT2D eigenvalue weighted by Gasteiger charge is -2.42. The SMILES string of the molecule is CCOC(=O)N1CCC(N2CCCC(COc3ccccc3C(=O)NC(C)C)C2)CC1. The molecule has 7 nitrogen and oxygen atoms in total. The number of likely N-dealkylation sites (tertiary alicyclic amines) is 2. The maximum absolute atomic E-state index is 12.5. The molecule has 2 amide bonds. The number of amides is 2. The third-order valence-corrected chi connectivity index (χ3v) is 6.08. The van der Waals surface area contributed by atoms with Gasteiger partial charge in [0.25, 0.3) is 5.91 Å². The van der Waals surface area contributed by atoms with Gasteiger partial charge in [-0.3, -0.25) is 9.69 Å². The van der Waals surface area contributed by atoms with Gasteiger partial charge in [-0.05, 0) is 65.1 Å². The van der Waals surface area contributed by atoms with E-state index in [2.05, 4.69) is 10.2 Å². The summed E-state index contributed by atoms with van der Waals surface area (Å²) < 4.78 is 11.3. The van der Waals surface area contributed by atoms with E-state index in [4.69, 9.17) is 9.47 Å². The topological polar surface area (TPSA) is 71.1 Å². The zero-order valence-electron chi connectivity index (χ0n) is 19.1. The van der Waals surface area contributed by atoms with E-state index in [1.807, 2.05) is 49.9 Å². The lowest BCUT2D eigenvalue weighted by molar-refractivity contribution is 0.0494. The highest BCUT2D eigenvalue weighted by Crippen LogP contribution is 2.26. The largest absolute Gasteiger partial charge is 0.492 e. The highest BCUT2D eigenvalue weighted by Gasteiger charge is 2.31. The van der Waals surface area contributed by atoms with Gasteiger partial charge in [-0.1, -0.05) is 12.1 Å². The Bertz CT molecular complexity index is 731. The van der Waals surface area contributed by atoms with Crippen molar-refractivity contribution >= 4 is 12.0 Å². The van der Waals surface area contributed by atoms with Crippen LogP contribution in [0.4, 0.5) is 4.79 Å². The second-order valence-corrected chi connectivity index (χ2v) is 8.86. The van der Waals surface area contributed by atoms with E-state index in [1.165, 1.54) is 0 Å².